The van der Waals surface area contributed by atoms with Gasteiger partial charge in [-0.3, -0.25) is 14.5 Å². The number of amides is 1. The van der Waals surface area contributed by atoms with E-state index in [9.17, 15) is 9.59 Å². The highest BCUT2D eigenvalue weighted by Crippen LogP contribution is 2.48. The van der Waals surface area contributed by atoms with E-state index in [4.69, 9.17) is 14.2 Å². The Kier molecular flexibility index (Phi) is 7.40. The van der Waals surface area contributed by atoms with Gasteiger partial charge < -0.3 is 19.5 Å². The number of hydrogen-bond donors (Lipinski definition) is 1. The summed E-state index contributed by atoms with van der Waals surface area (Å²) in [6.45, 7) is 0. The van der Waals surface area contributed by atoms with E-state index < -0.39 is 6.04 Å². The zero-order valence-corrected chi connectivity index (χ0v) is 23.8. The molecule has 1 aliphatic carbocycles. The van der Waals surface area contributed by atoms with Crippen LogP contribution in [0, 0.1) is 0 Å². The van der Waals surface area contributed by atoms with Gasteiger partial charge in [0.05, 0.1) is 38.7 Å². The van der Waals surface area contributed by atoms with Crippen LogP contribution >= 0.6 is 0 Å². The first-order valence-electron chi connectivity index (χ1n) is 13.9. The monoisotopic (exact) mass is 560 g/mol. The molecule has 0 spiro atoms. The number of nitrogens with one attached hydrogen (secondary N) is 1. The molecule has 7 heteroatoms. The number of ether oxygens (including phenoxy) is 3. The number of fused-ring (bicyclic) bond motifs is 1. The number of Topliss-reactive ketones (excluding diaryl/α,β-unsaturated/α-hetero) is 1. The quantitative estimate of drug-likeness (QED) is 0.276. The van der Waals surface area contributed by atoms with Crippen LogP contribution in [0.3, 0.4) is 0 Å². The molecule has 1 aliphatic heterocycles. The molecule has 7 nitrogen and oxygen atoms in total. The van der Waals surface area contributed by atoms with Gasteiger partial charge in [0.25, 0.3) is 5.91 Å². The zero-order valence-electron chi connectivity index (χ0n) is 23.8. The number of ketones is 1. The molecule has 0 radical (unpaired) electrons. The fourth-order valence-electron chi connectivity index (χ4n) is 5.98. The Hall–Kier alpha value is -5.04. The minimum absolute atomic E-state index is 0.0111. The molecule has 1 amide bonds. The second kappa shape index (κ2) is 11.4. The Labute approximate surface area is 245 Å². The molecule has 0 saturated carbocycles. The van der Waals surface area contributed by atoms with E-state index in [0.29, 0.717) is 46.9 Å². The van der Waals surface area contributed by atoms with Crippen LogP contribution in [0.2, 0.25) is 0 Å². The van der Waals surface area contributed by atoms with Gasteiger partial charge in [-0.25, -0.2) is 0 Å². The lowest BCUT2D eigenvalue weighted by molar-refractivity contribution is -0.116. The highest BCUT2D eigenvalue weighted by Gasteiger charge is 2.42. The normalized spacial score (nSPS) is 17.9. The van der Waals surface area contributed by atoms with Crippen LogP contribution < -0.4 is 24.4 Å². The van der Waals surface area contributed by atoms with Crippen LogP contribution in [0.4, 0.5) is 11.4 Å². The highest BCUT2D eigenvalue weighted by molar-refractivity contribution is 6.12. The van der Waals surface area contributed by atoms with Crippen LogP contribution in [0.25, 0.3) is 0 Å². The lowest BCUT2D eigenvalue weighted by Crippen LogP contribution is -2.38. The maximum atomic E-state index is 14.3. The standard InChI is InChI=1S/C35H32N2O5/c1-40-26-16-13-22(14-17-26)34-33-28(19-25(20-30(33)38)24-15-18-31(41-2)32(21-24)42-3)36-27-11-7-8-12-29(27)37(34)35(39)23-9-5-4-6-10-23/h4-18,21,25,34,36H,19-20H2,1-3H3/t25-,34-/m0/s1. The maximum Gasteiger partial charge on any atom is 0.259 e. The van der Waals surface area contributed by atoms with Gasteiger partial charge in [0.1, 0.15) is 5.75 Å². The Balaban J connectivity index is 1.52. The summed E-state index contributed by atoms with van der Waals surface area (Å²) in [5.41, 5.74) is 5.23. The Morgan fingerprint density at radius 2 is 1.45 bits per heavy atom. The van der Waals surface area contributed by atoms with E-state index in [1.165, 1.54) is 0 Å². The molecule has 4 aromatic rings. The molecule has 1 N–H and O–H groups in total. The van der Waals surface area contributed by atoms with Gasteiger partial charge in [-0.1, -0.05) is 48.5 Å². The van der Waals surface area contributed by atoms with Crippen molar-refractivity contribution in [3.63, 3.8) is 0 Å². The fourth-order valence-corrected chi connectivity index (χ4v) is 5.98. The SMILES string of the molecule is COc1ccc([C@H]2C3=C(C[C@H](c4ccc(OC)c(OC)c4)CC3=O)Nc3ccccc3N2C(=O)c2ccccc2)cc1. The molecule has 6 rings (SSSR count). The van der Waals surface area contributed by atoms with Crippen molar-refractivity contribution in [2.24, 2.45) is 0 Å². The summed E-state index contributed by atoms with van der Waals surface area (Å²) in [5.74, 6) is 1.68. The van der Waals surface area contributed by atoms with Crippen LogP contribution in [-0.4, -0.2) is 33.0 Å². The van der Waals surface area contributed by atoms with Gasteiger partial charge >= 0.3 is 0 Å². The van der Waals surface area contributed by atoms with Crippen LogP contribution in [-0.2, 0) is 4.79 Å². The fraction of sp³-hybridized carbons (Fsp3) is 0.200. The first kappa shape index (κ1) is 27.1. The van der Waals surface area contributed by atoms with Crippen molar-refractivity contribution < 1.29 is 23.8 Å². The smallest absolute Gasteiger partial charge is 0.259 e. The van der Waals surface area contributed by atoms with Crippen molar-refractivity contribution in [3.8, 4) is 17.2 Å². The molecule has 0 unspecified atom stereocenters. The second-order valence-corrected chi connectivity index (χ2v) is 10.4. The summed E-state index contributed by atoms with van der Waals surface area (Å²) in [6, 6.07) is 29.7. The van der Waals surface area contributed by atoms with E-state index in [1.54, 1.807) is 38.4 Å². The third-order valence-corrected chi connectivity index (χ3v) is 8.04. The molecule has 2 atom stereocenters. The predicted octanol–water partition coefficient (Wildman–Crippen LogP) is 6.93. The Morgan fingerprint density at radius 3 is 2.17 bits per heavy atom. The number of para-hydroxylation sites is 2. The molecule has 212 valence electrons. The van der Waals surface area contributed by atoms with Gasteiger partial charge in [0, 0.05) is 23.3 Å². The molecule has 0 fully saturated rings. The summed E-state index contributed by atoms with van der Waals surface area (Å²) in [7, 11) is 4.83. The lowest BCUT2D eigenvalue weighted by Gasteiger charge is -2.35. The summed E-state index contributed by atoms with van der Waals surface area (Å²) < 4.78 is 16.4. The van der Waals surface area contributed by atoms with Crippen LogP contribution in [0.1, 0.15) is 46.3 Å². The molecule has 1 heterocycles. The van der Waals surface area contributed by atoms with E-state index in [-0.39, 0.29) is 17.6 Å². The van der Waals surface area contributed by atoms with Crippen molar-refractivity contribution in [1.29, 1.82) is 0 Å². The number of nitrogens with zero attached hydrogens (tertiary/aromatic N) is 1. The number of allylic oxidation sites excluding steroid dienone is 1. The van der Waals surface area contributed by atoms with Crippen molar-refractivity contribution >= 4 is 23.1 Å². The van der Waals surface area contributed by atoms with Gasteiger partial charge in [-0.15, -0.1) is 0 Å². The largest absolute Gasteiger partial charge is 0.497 e. The number of hydrogen-bond acceptors (Lipinski definition) is 6. The van der Waals surface area contributed by atoms with Crippen LogP contribution in [0.15, 0.2) is 108 Å². The third kappa shape index (κ3) is 4.87. The zero-order chi connectivity index (χ0) is 29.2. The number of anilines is 2. The molecule has 2 aliphatic rings. The summed E-state index contributed by atoms with van der Waals surface area (Å²) in [5, 5.41) is 3.59. The molecule has 42 heavy (non-hydrogen) atoms. The average Bonchev–Trinajstić information content (AvgIpc) is 3.19. The number of carbonyl (C=O) groups is 2. The van der Waals surface area contributed by atoms with E-state index in [0.717, 1.165) is 22.5 Å². The lowest BCUT2D eigenvalue weighted by atomic mass is 9.78. The molecule has 0 bridgehead atoms. The molecular formula is C35H32N2O5. The second-order valence-electron chi connectivity index (χ2n) is 10.4. The van der Waals surface area contributed by atoms with E-state index in [1.807, 2.05) is 84.9 Å². The molecule has 4 aromatic carbocycles. The van der Waals surface area contributed by atoms with Crippen molar-refractivity contribution in [3.05, 3.63) is 125 Å². The van der Waals surface area contributed by atoms with Gasteiger partial charge in [0.15, 0.2) is 17.3 Å². The first-order valence-corrected chi connectivity index (χ1v) is 13.9. The van der Waals surface area contributed by atoms with Gasteiger partial charge in [0.2, 0.25) is 0 Å². The molecular weight excluding hydrogens is 528 g/mol. The van der Waals surface area contributed by atoms with E-state index >= 15 is 0 Å². The predicted molar refractivity (Wildman–Crippen MR) is 163 cm³/mol. The molecule has 0 saturated heterocycles. The van der Waals surface area contributed by atoms with Crippen LogP contribution in [0.5, 0.6) is 17.2 Å². The van der Waals surface area contributed by atoms with Gasteiger partial charge in [-0.2, -0.15) is 0 Å². The minimum Gasteiger partial charge on any atom is -0.497 e. The maximum absolute atomic E-state index is 14.3. The number of benzene rings is 4. The van der Waals surface area contributed by atoms with Crippen molar-refractivity contribution in [1.82, 2.24) is 0 Å². The van der Waals surface area contributed by atoms with Crippen molar-refractivity contribution in [2.45, 2.75) is 24.8 Å². The average molecular weight is 561 g/mol. The Bertz CT molecular complexity index is 1660. The van der Waals surface area contributed by atoms with E-state index in [2.05, 4.69) is 5.32 Å². The number of rotatable bonds is 6. The van der Waals surface area contributed by atoms with Gasteiger partial charge in [-0.05, 0) is 72.0 Å². The highest BCUT2D eigenvalue weighted by atomic mass is 16.5. The summed E-state index contributed by atoms with van der Waals surface area (Å²) >= 11 is 0. The topological polar surface area (TPSA) is 77.1 Å². The number of methoxy groups -OCH3 is 3. The Morgan fingerprint density at radius 1 is 0.762 bits per heavy atom. The first-order chi connectivity index (χ1) is 20.5. The van der Waals surface area contributed by atoms with Crippen molar-refractivity contribution in [2.75, 3.05) is 31.5 Å². The summed E-state index contributed by atoms with van der Waals surface area (Å²) in [4.78, 5) is 30.4. The minimum atomic E-state index is -0.645. The molecule has 0 aromatic heterocycles. The third-order valence-electron chi connectivity index (χ3n) is 8.04. The summed E-state index contributed by atoms with van der Waals surface area (Å²) in [6.07, 6.45) is 0.886. The number of carbonyl (C=O) groups excluding carboxylic acids is 2.